The number of anilines is 2. The molecular weight excluding hydrogens is 506 g/mol. The second-order valence-corrected chi connectivity index (χ2v) is 7.83. The normalized spacial score (nSPS) is 9.54. The van der Waals surface area contributed by atoms with Crippen LogP contribution in [-0.2, 0) is 16.0 Å². The van der Waals surface area contributed by atoms with Gasteiger partial charge in [0.05, 0.1) is 25.3 Å². The Bertz CT molecular complexity index is 1310. The van der Waals surface area contributed by atoms with E-state index in [4.69, 9.17) is 5.73 Å². The summed E-state index contributed by atoms with van der Waals surface area (Å²) in [4.78, 5) is 32.4. The maximum atomic E-state index is 12.7. The summed E-state index contributed by atoms with van der Waals surface area (Å²) in [5.74, 6) is -1.25. The van der Waals surface area contributed by atoms with E-state index in [0.29, 0.717) is 28.9 Å². The predicted molar refractivity (Wildman–Crippen MR) is 145 cm³/mol. The summed E-state index contributed by atoms with van der Waals surface area (Å²) in [6.07, 6.45) is 0.723. The summed E-state index contributed by atoms with van der Waals surface area (Å²) in [6.45, 7) is 0.604. The third-order valence-electron chi connectivity index (χ3n) is 5.05. The van der Waals surface area contributed by atoms with Crippen molar-refractivity contribution in [3.63, 3.8) is 0 Å². The minimum atomic E-state index is -0.396. The molecule has 0 atom stereocenters. The van der Waals surface area contributed by atoms with Crippen LogP contribution < -0.4 is 11.1 Å². The summed E-state index contributed by atoms with van der Waals surface area (Å²) >= 11 is 0. The zero-order valence-electron chi connectivity index (χ0n) is 21.4. The topological polar surface area (TPSA) is 108 Å². The van der Waals surface area contributed by atoms with Gasteiger partial charge in [-0.15, -0.1) is 0 Å². The summed E-state index contributed by atoms with van der Waals surface area (Å²) in [7, 11) is 2.67. The van der Waals surface area contributed by atoms with Gasteiger partial charge in [0.25, 0.3) is 0 Å². The third-order valence-corrected chi connectivity index (χ3v) is 5.05. The van der Waals surface area contributed by atoms with Crippen LogP contribution in [0.4, 0.5) is 20.2 Å². The summed E-state index contributed by atoms with van der Waals surface area (Å²) < 4.78 is 33.9. The number of methoxy groups -OCH3 is 2. The van der Waals surface area contributed by atoms with Gasteiger partial charge < -0.3 is 20.5 Å². The first-order valence-electron chi connectivity index (χ1n) is 11.6. The SMILES string of the molecule is COC(=O)c1ccc(C=O)cc1.COC(=O)c1ccc(CNc2ccc(F)cc2)cc1.Nc1ccc(F)cc1. The van der Waals surface area contributed by atoms with E-state index in [9.17, 15) is 23.2 Å². The van der Waals surface area contributed by atoms with E-state index >= 15 is 0 Å². The number of aldehydes is 1. The molecule has 4 rings (SSSR count). The van der Waals surface area contributed by atoms with Crippen LogP contribution in [0.3, 0.4) is 0 Å². The van der Waals surface area contributed by atoms with Gasteiger partial charge in [-0.3, -0.25) is 4.79 Å². The molecule has 0 aliphatic heterocycles. The van der Waals surface area contributed by atoms with Gasteiger partial charge in [0.1, 0.15) is 17.9 Å². The highest BCUT2D eigenvalue weighted by Gasteiger charge is 2.04. The maximum absolute atomic E-state index is 12.7. The van der Waals surface area contributed by atoms with Gasteiger partial charge in [0, 0.05) is 23.5 Å². The van der Waals surface area contributed by atoms with Gasteiger partial charge in [-0.2, -0.15) is 0 Å². The van der Waals surface area contributed by atoms with Crippen LogP contribution in [0.2, 0.25) is 0 Å². The van der Waals surface area contributed by atoms with E-state index in [0.717, 1.165) is 17.5 Å². The Hall–Kier alpha value is -5.05. The molecule has 0 aliphatic carbocycles. The number of carbonyl (C=O) groups excluding carboxylic acids is 3. The molecule has 0 unspecified atom stereocenters. The standard InChI is InChI=1S/C15H14FNO2.C9H8O3.C6H6FN/c1-19-15(18)12-4-2-11(3-5-12)10-17-14-8-6-13(16)7-9-14;1-12-9(11)8-4-2-7(6-10)3-5-8;7-5-1-3-6(8)4-2-5/h2-9,17H,10H2,1H3;2-6H,1H3;1-4H,8H2. The number of halogens is 2. The van der Waals surface area contributed by atoms with Gasteiger partial charge in [-0.1, -0.05) is 24.3 Å². The summed E-state index contributed by atoms with van der Waals surface area (Å²) in [5, 5.41) is 3.17. The number of nitrogens with two attached hydrogens (primary N) is 1. The molecule has 4 aromatic rings. The minimum Gasteiger partial charge on any atom is -0.465 e. The monoisotopic (exact) mass is 534 g/mol. The Balaban J connectivity index is 0.000000227. The van der Waals surface area contributed by atoms with Crippen molar-refractivity contribution in [2.45, 2.75) is 6.54 Å². The Morgan fingerprint density at radius 3 is 1.56 bits per heavy atom. The molecular formula is C30H28F2N2O5. The summed E-state index contributed by atoms with van der Waals surface area (Å²) in [6, 6.07) is 25.2. The Kier molecular flexibility index (Phi) is 12.3. The van der Waals surface area contributed by atoms with Crippen molar-refractivity contribution in [2.24, 2.45) is 0 Å². The molecule has 0 bridgehead atoms. The number of esters is 2. The lowest BCUT2D eigenvalue weighted by Gasteiger charge is -2.07. The molecule has 0 spiro atoms. The van der Waals surface area contributed by atoms with Gasteiger partial charge in [0.2, 0.25) is 0 Å². The van der Waals surface area contributed by atoms with E-state index in [-0.39, 0.29) is 17.6 Å². The fourth-order valence-corrected chi connectivity index (χ4v) is 2.93. The molecule has 0 fully saturated rings. The lowest BCUT2D eigenvalue weighted by Crippen LogP contribution is -2.03. The predicted octanol–water partition coefficient (Wildman–Crippen LogP) is 5.92. The molecule has 0 aromatic heterocycles. The van der Waals surface area contributed by atoms with Crippen molar-refractivity contribution in [3.05, 3.63) is 131 Å². The van der Waals surface area contributed by atoms with Crippen LogP contribution in [0, 0.1) is 11.6 Å². The molecule has 0 saturated carbocycles. The molecule has 39 heavy (non-hydrogen) atoms. The largest absolute Gasteiger partial charge is 0.465 e. The van der Waals surface area contributed by atoms with Crippen LogP contribution in [0.15, 0.2) is 97.1 Å². The van der Waals surface area contributed by atoms with Crippen molar-refractivity contribution in [1.82, 2.24) is 0 Å². The first-order chi connectivity index (χ1) is 18.7. The average molecular weight is 535 g/mol. The number of nitrogen functional groups attached to an aromatic ring is 1. The Morgan fingerprint density at radius 1 is 0.718 bits per heavy atom. The maximum Gasteiger partial charge on any atom is 0.337 e. The van der Waals surface area contributed by atoms with Gasteiger partial charge in [-0.05, 0) is 78.4 Å². The Labute approximate surface area is 225 Å². The number of ether oxygens (including phenoxy) is 2. The lowest BCUT2D eigenvalue weighted by atomic mass is 10.1. The molecule has 9 heteroatoms. The number of hydrogen-bond donors (Lipinski definition) is 2. The van der Waals surface area contributed by atoms with Crippen LogP contribution in [0.1, 0.15) is 36.6 Å². The molecule has 3 N–H and O–H groups in total. The number of hydrogen-bond acceptors (Lipinski definition) is 7. The highest BCUT2D eigenvalue weighted by Crippen LogP contribution is 2.11. The number of rotatable bonds is 6. The second-order valence-electron chi connectivity index (χ2n) is 7.83. The van der Waals surface area contributed by atoms with Crippen LogP contribution in [0.5, 0.6) is 0 Å². The van der Waals surface area contributed by atoms with Gasteiger partial charge >= 0.3 is 11.9 Å². The van der Waals surface area contributed by atoms with Gasteiger partial charge in [-0.25, -0.2) is 18.4 Å². The highest BCUT2D eigenvalue weighted by atomic mass is 19.1. The lowest BCUT2D eigenvalue weighted by molar-refractivity contribution is 0.0592. The van der Waals surface area contributed by atoms with Crippen molar-refractivity contribution in [1.29, 1.82) is 0 Å². The number of nitrogens with one attached hydrogen (secondary N) is 1. The van der Waals surface area contributed by atoms with Gasteiger partial charge in [0.15, 0.2) is 0 Å². The quantitative estimate of drug-likeness (QED) is 0.180. The molecule has 0 radical (unpaired) electrons. The Morgan fingerprint density at radius 2 is 1.15 bits per heavy atom. The molecule has 202 valence electrons. The third kappa shape index (κ3) is 10.8. The summed E-state index contributed by atoms with van der Waals surface area (Å²) in [5.41, 5.74) is 9.23. The highest BCUT2D eigenvalue weighted by molar-refractivity contribution is 5.90. The zero-order valence-corrected chi connectivity index (χ0v) is 21.4. The van der Waals surface area contributed by atoms with E-state index in [1.807, 2.05) is 12.1 Å². The first-order valence-corrected chi connectivity index (χ1v) is 11.6. The zero-order chi connectivity index (χ0) is 28.6. The van der Waals surface area contributed by atoms with Crippen molar-refractivity contribution in [3.8, 4) is 0 Å². The van der Waals surface area contributed by atoms with Crippen molar-refractivity contribution in [2.75, 3.05) is 25.3 Å². The smallest absolute Gasteiger partial charge is 0.337 e. The van der Waals surface area contributed by atoms with E-state index in [1.165, 1.54) is 50.6 Å². The molecule has 0 heterocycles. The van der Waals surface area contributed by atoms with Crippen LogP contribution >= 0.6 is 0 Å². The molecule has 7 nitrogen and oxygen atoms in total. The van der Waals surface area contributed by atoms with E-state index in [1.54, 1.807) is 48.5 Å². The van der Waals surface area contributed by atoms with Crippen molar-refractivity contribution >= 4 is 29.6 Å². The minimum absolute atomic E-state index is 0.251. The number of benzene rings is 4. The van der Waals surface area contributed by atoms with E-state index < -0.39 is 5.97 Å². The molecule has 4 aromatic carbocycles. The first kappa shape index (κ1) is 30.2. The molecule has 0 saturated heterocycles. The van der Waals surface area contributed by atoms with Crippen molar-refractivity contribution < 1.29 is 32.6 Å². The van der Waals surface area contributed by atoms with Crippen LogP contribution in [-0.4, -0.2) is 32.4 Å². The second kappa shape index (κ2) is 15.9. The average Bonchev–Trinajstić information content (AvgIpc) is 2.98. The molecule has 0 amide bonds. The fourth-order valence-electron chi connectivity index (χ4n) is 2.93. The van der Waals surface area contributed by atoms with E-state index in [2.05, 4.69) is 14.8 Å². The van der Waals surface area contributed by atoms with Crippen LogP contribution in [0.25, 0.3) is 0 Å². The number of carbonyl (C=O) groups is 3. The molecule has 0 aliphatic rings. The fraction of sp³-hybridized carbons (Fsp3) is 0.100.